The number of nitrogens with zero attached hydrogens (tertiary/aromatic N) is 3. The Bertz CT molecular complexity index is 1290. The van der Waals surface area contributed by atoms with Crippen molar-refractivity contribution < 1.29 is 36.9 Å². The van der Waals surface area contributed by atoms with Crippen LogP contribution in [0.4, 0.5) is 10.5 Å². The highest BCUT2D eigenvalue weighted by atomic mass is 32.2. The van der Waals surface area contributed by atoms with Gasteiger partial charge in [0.05, 0.1) is 30.2 Å². The quantitative estimate of drug-likeness (QED) is 0.170. The van der Waals surface area contributed by atoms with Gasteiger partial charge in [0, 0.05) is 18.2 Å². The van der Waals surface area contributed by atoms with Gasteiger partial charge in [-0.2, -0.15) is 0 Å². The maximum Gasteiger partial charge on any atom is 0.410 e. The minimum atomic E-state index is -4.79. The SMILES string of the molecule is C=CCON([C@H]1CN(C(=O)OC(C)(C)C)[C@H](CO[SiH](C)C(C)(C)C)C=C1C(N)=O)S(=O)(=O)c1ccccc1[N+](=O)[O-]. The van der Waals surface area contributed by atoms with Crippen LogP contribution in [0.15, 0.2) is 53.5 Å². The smallest absolute Gasteiger partial charge is 0.410 e. The average Bonchev–Trinajstić information content (AvgIpc) is 2.85. The molecule has 1 aliphatic rings. The van der Waals surface area contributed by atoms with E-state index in [2.05, 4.69) is 6.58 Å². The highest BCUT2D eigenvalue weighted by molar-refractivity contribution is 7.89. The summed E-state index contributed by atoms with van der Waals surface area (Å²) in [7, 11) is -6.56. The van der Waals surface area contributed by atoms with Crippen molar-refractivity contribution in [3.05, 3.63) is 58.7 Å². The first-order chi connectivity index (χ1) is 18.8. The van der Waals surface area contributed by atoms with Crippen molar-refractivity contribution >= 4 is 36.8 Å². The summed E-state index contributed by atoms with van der Waals surface area (Å²) < 4.78 is 40.0. The second-order valence-electron chi connectivity index (χ2n) is 11.6. The first-order valence-electron chi connectivity index (χ1n) is 13.0. The Kier molecular flexibility index (Phi) is 11.0. The molecular weight excluding hydrogens is 572 g/mol. The highest BCUT2D eigenvalue weighted by Crippen LogP contribution is 2.33. The third-order valence-electron chi connectivity index (χ3n) is 6.30. The van der Waals surface area contributed by atoms with Crippen LogP contribution >= 0.6 is 0 Å². The van der Waals surface area contributed by atoms with Crippen LogP contribution in [0, 0.1) is 10.1 Å². The molecular formula is C26H40N4O9SSi. The molecule has 1 unspecified atom stereocenters. The van der Waals surface area contributed by atoms with Gasteiger partial charge in [-0.25, -0.2) is 13.2 Å². The molecule has 0 bridgehead atoms. The largest absolute Gasteiger partial charge is 0.444 e. The molecule has 41 heavy (non-hydrogen) atoms. The molecule has 1 heterocycles. The Morgan fingerprint density at radius 3 is 2.37 bits per heavy atom. The monoisotopic (exact) mass is 612 g/mol. The number of primary amides is 1. The fourth-order valence-corrected chi connectivity index (χ4v) is 6.34. The van der Waals surface area contributed by atoms with Crippen molar-refractivity contribution in [2.24, 2.45) is 5.73 Å². The molecule has 1 aromatic carbocycles. The van der Waals surface area contributed by atoms with Gasteiger partial charge in [-0.3, -0.25) is 24.6 Å². The van der Waals surface area contributed by atoms with E-state index in [1.165, 1.54) is 29.2 Å². The number of hydrogen-bond acceptors (Lipinski definition) is 9. The van der Waals surface area contributed by atoms with Gasteiger partial charge in [-0.05, 0) is 44.5 Å². The van der Waals surface area contributed by atoms with E-state index in [0.717, 1.165) is 12.1 Å². The molecule has 0 spiro atoms. The number of carbonyl (C=O) groups excluding carboxylic acids is 2. The van der Waals surface area contributed by atoms with Gasteiger partial charge in [0.2, 0.25) is 5.91 Å². The second kappa shape index (κ2) is 13.2. The predicted octanol–water partition coefficient (Wildman–Crippen LogP) is 3.27. The number of nitrogens with two attached hydrogens (primary N) is 1. The second-order valence-corrected chi connectivity index (χ2v) is 16.7. The van der Waals surface area contributed by atoms with Crippen LogP contribution in [-0.2, 0) is 28.8 Å². The first kappa shape index (κ1) is 34.1. The van der Waals surface area contributed by atoms with Crippen LogP contribution < -0.4 is 5.73 Å². The summed E-state index contributed by atoms with van der Waals surface area (Å²) in [6.07, 6.45) is 1.84. The topological polar surface area (TPSA) is 172 Å². The zero-order valence-electron chi connectivity index (χ0n) is 24.5. The van der Waals surface area contributed by atoms with E-state index in [4.69, 9.17) is 19.7 Å². The van der Waals surface area contributed by atoms with Crippen molar-refractivity contribution in [1.82, 2.24) is 9.37 Å². The Hall–Kier alpha value is -3.11. The molecule has 13 nitrogen and oxygen atoms in total. The molecule has 228 valence electrons. The average molecular weight is 613 g/mol. The maximum absolute atomic E-state index is 13.9. The summed E-state index contributed by atoms with van der Waals surface area (Å²) in [5.74, 6) is -0.963. The van der Waals surface area contributed by atoms with Crippen LogP contribution in [-0.4, -0.2) is 81.2 Å². The molecule has 15 heteroatoms. The van der Waals surface area contributed by atoms with Gasteiger partial charge in [0.1, 0.15) is 5.60 Å². The van der Waals surface area contributed by atoms with Crippen molar-refractivity contribution in [1.29, 1.82) is 0 Å². The number of amides is 2. The minimum absolute atomic E-state index is 0.0117. The lowest BCUT2D eigenvalue weighted by atomic mass is 9.98. The predicted molar refractivity (Wildman–Crippen MR) is 155 cm³/mol. The summed E-state index contributed by atoms with van der Waals surface area (Å²) in [4.78, 5) is 43.0. The summed E-state index contributed by atoms with van der Waals surface area (Å²) in [6, 6.07) is 2.42. The van der Waals surface area contributed by atoms with E-state index in [-0.39, 0.29) is 23.8 Å². The Balaban J connectivity index is 2.70. The molecule has 2 N–H and O–H groups in total. The van der Waals surface area contributed by atoms with E-state index in [1.807, 2.05) is 27.3 Å². The number of carbonyl (C=O) groups is 2. The maximum atomic E-state index is 13.9. The molecule has 0 radical (unpaired) electrons. The third-order valence-corrected chi connectivity index (χ3v) is 11.2. The van der Waals surface area contributed by atoms with Crippen LogP contribution in [0.5, 0.6) is 0 Å². The molecule has 1 aliphatic heterocycles. The molecule has 0 saturated carbocycles. The normalized spacial score (nSPS) is 18.9. The van der Waals surface area contributed by atoms with E-state index in [9.17, 15) is 28.1 Å². The van der Waals surface area contributed by atoms with Crippen LogP contribution in [0.2, 0.25) is 11.6 Å². The fourth-order valence-electron chi connectivity index (χ4n) is 3.79. The van der Waals surface area contributed by atoms with Crippen molar-refractivity contribution in [3.8, 4) is 0 Å². The summed E-state index contributed by atoms with van der Waals surface area (Å²) in [5.41, 5.74) is 3.95. The summed E-state index contributed by atoms with van der Waals surface area (Å²) in [5, 5.41) is 11.6. The number of para-hydroxylation sites is 1. The van der Waals surface area contributed by atoms with E-state index in [1.54, 1.807) is 20.8 Å². The zero-order chi connectivity index (χ0) is 31.3. The number of hydroxylamine groups is 1. The number of nitro benzene ring substituents is 1. The third kappa shape index (κ3) is 8.69. The lowest BCUT2D eigenvalue weighted by molar-refractivity contribution is -0.388. The number of ether oxygens (including phenoxy) is 1. The van der Waals surface area contributed by atoms with Gasteiger partial charge < -0.3 is 14.9 Å². The number of benzene rings is 1. The van der Waals surface area contributed by atoms with Crippen LogP contribution in [0.3, 0.4) is 0 Å². The van der Waals surface area contributed by atoms with Crippen molar-refractivity contribution in [2.45, 2.75) is 75.7 Å². The number of sulfonamides is 1. The number of rotatable bonds is 11. The Morgan fingerprint density at radius 1 is 1.24 bits per heavy atom. The molecule has 2 rings (SSSR count). The number of nitro groups is 1. The lowest BCUT2D eigenvalue weighted by Crippen LogP contribution is -2.58. The van der Waals surface area contributed by atoms with E-state index >= 15 is 0 Å². The van der Waals surface area contributed by atoms with Crippen molar-refractivity contribution in [2.75, 3.05) is 19.8 Å². The van der Waals surface area contributed by atoms with Crippen LogP contribution in [0.1, 0.15) is 41.5 Å². The molecule has 0 saturated heterocycles. The van der Waals surface area contributed by atoms with Gasteiger partial charge in [-0.1, -0.05) is 43.4 Å². The lowest BCUT2D eigenvalue weighted by Gasteiger charge is -2.41. The Morgan fingerprint density at radius 2 is 1.85 bits per heavy atom. The van der Waals surface area contributed by atoms with Gasteiger partial charge >= 0.3 is 6.09 Å². The minimum Gasteiger partial charge on any atom is -0.444 e. The van der Waals surface area contributed by atoms with Gasteiger partial charge in [-0.15, -0.1) is 6.58 Å². The summed E-state index contributed by atoms with van der Waals surface area (Å²) in [6.45, 7) is 15.9. The van der Waals surface area contributed by atoms with E-state index < -0.39 is 70.8 Å². The molecule has 0 aromatic heterocycles. The molecule has 1 aromatic rings. The zero-order valence-corrected chi connectivity index (χ0v) is 26.5. The van der Waals surface area contributed by atoms with Gasteiger partial charge in [0.25, 0.3) is 15.7 Å². The fraction of sp³-hybridized carbons (Fsp3) is 0.538. The van der Waals surface area contributed by atoms with Crippen molar-refractivity contribution in [3.63, 3.8) is 0 Å². The standard InChI is InChI=1S/C26H40N4O9SSi/c1-9-14-37-30(40(35,36)22-13-11-10-12-20(22)29(33)34)21-16-28(24(32)39-25(2,3)4)18(15-19(21)23(27)31)17-38-41(8)26(5,6)7/h9-13,15,18,21,41H,1,14,16-17H2,2-8H3,(H2,27,31)/t18-,21-,41?/m0/s1. The molecule has 0 fully saturated rings. The first-order valence-corrected chi connectivity index (χ1v) is 16.6. The molecule has 2 amide bonds. The Labute approximate surface area is 242 Å². The molecule has 0 aliphatic carbocycles. The highest BCUT2D eigenvalue weighted by Gasteiger charge is 2.45. The molecule has 3 atom stereocenters. The summed E-state index contributed by atoms with van der Waals surface area (Å²) >= 11 is 0. The van der Waals surface area contributed by atoms with Crippen LogP contribution in [0.25, 0.3) is 0 Å². The number of hydrogen-bond donors (Lipinski definition) is 1. The van der Waals surface area contributed by atoms with Gasteiger partial charge in [0.15, 0.2) is 13.9 Å². The van der Waals surface area contributed by atoms with E-state index in [0.29, 0.717) is 4.47 Å².